The summed E-state index contributed by atoms with van der Waals surface area (Å²) >= 11 is 0. The number of hydrogen-bond acceptors (Lipinski definition) is 2. The van der Waals surface area contributed by atoms with Crippen LogP contribution in [-0.4, -0.2) is 10.2 Å². The number of rotatable bonds is 24. The molecule has 0 saturated carbocycles. The van der Waals surface area contributed by atoms with Crippen molar-refractivity contribution < 1.29 is 10.2 Å². The molecule has 2 aromatic carbocycles. The van der Waals surface area contributed by atoms with E-state index in [-0.39, 0.29) is 0 Å². The van der Waals surface area contributed by atoms with E-state index in [1.54, 1.807) is 0 Å². The van der Waals surface area contributed by atoms with Crippen LogP contribution < -0.4 is 0 Å². The molecule has 2 aromatic rings. The van der Waals surface area contributed by atoms with Crippen molar-refractivity contribution >= 4 is 0 Å². The minimum Gasteiger partial charge on any atom is -0.508 e. The lowest BCUT2D eigenvalue weighted by molar-refractivity contribution is 0.462. The molecule has 2 heteroatoms. The first-order chi connectivity index (χ1) is 19.1. The van der Waals surface area contributed by atoms with Crippen LogP contribution in [-0.2, 0) is 19.3 Å². The molecule has 220 valence electrons. The van der Waals surface area contributed by atoms with Gasteiger partial charge in [-0.1, -0.05) is 154 Å². The monoisotopic (exact) mass is 536 g/mol. The topological polar surface area (TPSA) is 40.5 Å². The Bertz CT molecular complexity index is 800. The Morgan fingerprint density at radius 3 is 1.03 bits per heavy atom. The van der Waals surface area contributed by atoms with Crippen LogP contribution in [0.4, 0.5) is 0 Å². The summed E-state index contributed by atoms with van der Waals surface area (Å²) in [4.78, 5) is 0. The van der Waals surface area contributed by atoms with Crippen molar-refractivity contribution in [2.45, 2.75) is 162 Å². The number of phenols is 2. The van der Waals surface area contributed by atoms with Gasteiger partial charge in [0, 0.05) is 6.42 Å². The molecule has 0 bridgehead atoms. The van der Waals surface area contributed by atoms with Crippen molar-refractivity contribution in [3.05, 3.63) is 58.7 Å². The molecule has 0 fully saturated rings. The Labute approximate surface area is 241 Å². The quantitative estimate of drug-likeness (QED) is 0.131. The van der Waals surface area contributed by atoms with E-state index < -0.39 is 0 Å². The molecular weight excluding hydrogens is 476 g/mol. The van der Waals surface area contributed by atoms with Crippen LogP contribution >= 0.6 is 0 Å². The molecule has 0 atom stereocenters. The van der Waals surface area contributed by atoms with E-state index in [0.29, 0.717) is 17.9 Å². The average Bonchev–Trinajstić information content (AvgIpc) is 2.93. The molecule has 0 spiro atoms. The molecule has 0 saturated heterocycles. The molecule has 0 aliphatic carbocycles. The van der Waals surface area contributed by atoms with Gasteiger partial charge >= 0.3 is 0 Å². The first kappa shape index (κ1) is 33.2. The Morgan fingerprint density at radius 2 is 0.718 bits per heavy atom. The standard InChI is InChI=1S/C37H60O2/c1-3-5-7-9-11-13-15-17-19-21-23-32-25-27-34(36(38)29-32)31-35-28-26-33(30-37(35)39)24-22-20-18-16-14-12-10-8-6-4-2/h25-30,38-39H,3-24,31H2,1-2H3. The molecule has 0 amide bonds. The summed E-state index contributed by atoms with van der Waals surface area (Å²) < 4.78 is 0. The predicted molar refractivity (Wildman–Crippen MR) is 170 cm³/mol. The van der Waals surface area contributed by atoms with E-state index in [1.807, 2.05) is 24.3 Å². The molecule has 0 aliphatic rings. The van der Waals surface area contributed by atoms with Gasteiger partial charge in [0.1, 0.15) is 11.5 Å². The second-order valence-corrected chi connectivity index (χ2v) is 12.0. The zero-order valence-electron chi connectivity index (χ0n) is 25.6. The van der Waals surface area contributed by atoms with Gasteiger partial charge in [-0.15, -0.1) is 0 Å². The van der Waals surface area contributed by atoms with E-state index in [2.05, 4.69) is 26.0 Å². The van der Waals surface area contributed by atoms with E-state index >= 15 is 0 Å². The molecule has 0 aliphatic heterocycles. The van der Waals surface area contributed by atoms with E-state index in [0.717, 1.165) is 24.0 Å². The van der Waals surface area contributed by atoms with Crippen LogP contribution in [0.2, 0.25) is 0 Å². The highest BCUT2D eigenvalue weighted by molar-refractivity contribution is 5.44. The highest BCUT2D eigenvalue weighted by atomic mass is 16.3. The molecule has 2 N–H and O–H groups in total. The summed E-state index contributed by atoms with van der Waals surface area (Å²) in [5.41, 5.74) is 4.21. The van der Waals surface area contributed by atoms with Crippen LogP contribution in [0.25, 0.3) is 0 Å². The van der Waals surface area contributed by atoms with Crippen molar-refractivity contribution in [3.8, 4) is 11.5 Å². The molecule has 39 heavy (non-hydrogen) atoms. The second kappa shape index (κ2) is 21.8. The van der Waals surface area contributed by atoms with Crippen LogP contribution in [0.3, 0.4) is 0 Å². The summed E-state index contributed by atoms with van der Waals surface area (Å²) in [5, 5.41) is 21.3. The third kappa shape index (κ3) is 15.4. The Hall–Kier alpha value is -1.96. The number of aromatic hydroxyl groups is 2. The van der Waals surface area contributed by atoms with Crippen LogP contribution in [0.15, 0.2) is 36.4 Å². The zero-order chi connectivity index (χ0) is 28.0. The van der Waals surface area contributed by atoms with E-state index in [4.69, 9.17) is 0 Å². The van der Waals surface area contributed by atoms with Crippen molar-refractivity contribution in [2.75, 3.05) is 0 Å². The zero-order valence-corrected chi connectivity index (χ0v) is 25.6. The molecule has 0 radical (unpaired) electrons. The van der Waals surface area contributed by atoms with Gasteiger partial charge in [-0.2, -0.15) is 0 Å². The molecule has 0 unspecified atom stereocenters. The lowest BCUT2D eigenvalue weighted by Crippen LogP contribution is -1.94. The minimum absolute atomic E-state index is 0.355. The van der Waals surface area contributed by atoms with Crippen LogP contribution in [0.5, 0.6) is 11.5 Å². The van der Waals surface area contributed by atoms with E-state index in [9.17, 15) is 10.2 Å². The maximum Gasteiger partial charge on any atom is 0.119 e. The number of unbranched alkanes of at least 4 members (excludes halogenated alkanes) is 18. The fraction of sp³-hybridized carbons (Fsp3) is 0.676. The fourth-order valence-corrected chi connectivity index (χ4v) is 5.67. The fourth-order valence-electron chi connectivity index (χ4n) is 5.67. The third-order valence-electron chi connectivity index (χ3n) is 8.32. The number of phenolic OH excluding ortho intramolecular Hbond substituents is 2. The largest absolute Gasteiger partial charge is 0.508 e. The maximum atomic E-state index is 10.6. The van der Waals surface area contributed by atoms with Gasteiger partial charge < -0.3 is 10.2 Å². The van der Waals surface area contributed by atoms with Gasteiger partial charge in [-0.25, -0.2) is 0 Å². The first-order valence-corrected chi connectivity index (χ1v) is 16.8. The SMILES string of the molecule is CCCCCCCCCCCCc1ccc(Cc2ccc(CCCCCCCCCCCC)cc2O)c(O)c1. The van der Waals surface area contributed by atoms with E-state index in [1.165, 1.54) is 140 Å². The average molecular weight is 537 g/mol. The summed E-state index contributed by atoms with van der Waals surface area (Å²) in [6.45, 7) is 4.55. The van der Waals surface area contributed by atoms with Gasteiger partial charge in [0.25, 0.3) is 0 Å². The van der Waals surface area contributed by atoms with Crippen LogP contribution in [0.1, 0.15) is 165 Å². The molecule has 2 nitrogen and oxygen atoms in total. The molecular formula is C37H60O2. The normalized spacial score (nSPS) is 11.3. The highest BCUT2D eigenvalue weighted by Gasteiger charge is 2.09. The number of aryl methyl sites for hydroxylation is 2. The summed E-state index contributed by atoms with van der Waals surface area (Å²) in [7, 11) is 0. The predicted octanol–water partition coefficient (Wildman–Crippen LogP) is 11.6. The van der Waals surface area contributed by atoms with Crippen molar-refractivity contribution in [3.63, 3.8) is 0 Å². The first-order valence-electron chi connectivity index (χ1n) is 16.8. The van der Waals surface area contributed by atoms with Crippen molar-refractivity contribution in [1.82, 2.24) is 0 Å². The van der Waals surface area contributed by atoms with Gasteiger partial charge in [0.2, 0.25) is 0 Å². The number of benzene rings is 2. The summed E-state index contributed by atoms with van der Waals surface area (Å²) in [5.74, 6) is 0.710. The maximum absolute atomic E-state index is 10.6. The Morgan fingerprint density at radius 1 is 0.410 bits per heavy atom. The van der Waals surface area contributed by atoms with Crippen molar-refractivity contribution in [1.29, 1.82) is 0 Å². The molecule has 0 aromatic heterocycles. The third-order valence-corrected chi connectivity index (χ3v) is 8.32. The van der Waals surface area contributed by atoms with Gasteiger partial charge in [0.05, 0.1) is 0 Å². The highest BCUT2D eigenvalue weighted by Crippen LogP contribution is 2.28. The molecule has 0 heterocycles. The van der Waals surface area contributed by atoms with Gasteiger partial charge in [0.15, 0.2) is 0 Å². The number of hydrogen-bond donors (Lipinski definition) is 2. The van der Waals surface area contributed by atoms with Crippen LogP contribution in [0, 0.1) is 0 Å². The van der Waals surface area contributed by atoms with Gasteiger partial charge in [-0.3, -0.25) is 0 Å². The van der Waals surface area contributed by atoms with Crippen molar-refractivity contribution in [2.24, 2.45) is 0 Å². The Balaban J connectivity index is 1.62. The molecule has 2 rings (SSSR count). The summed E-state index contributed by atoms with van der Waals surface area (Å²) in [6, 6.07) is 12.2. The minimum atomic E-state index is 0.355. The van der Waals surface area contributed by atoms with Gasteiger partial charge in [-0.05, 0) is 60.1 Å². The smallest absolute Gasteiger partial charge is 0.119 e. The lowest BCUT2D eigenvalue weighted by atomic mass is 9.97. The second-order valence-electron chi connectivity index (χ2n) is 12.0. The Kier molecular flexibility index (Phi) is 18.6. The summed E-state index contributed by atoms with van der Waals surface area (Å²) in [6.07, 6.45) is 29.5. The lowest BCUT2D eigenvalue weighted by Gasteiger charge is -2.11.